The summed E-state index contributed by atoms with van der Waals surface area (Å²) < 4.78 is 5.14. The Bertz CT molecular complexity index is 565. The second-order valence-electron chi connectivity index (χ2n) is 6.10. The summed E-state index contributed by atoms with van der Waals surface area (Å²) >= 11 is 0. The second-order valence-corrected chi connectivity index (χ2v) is 6.10. The molecule has 2 atom stereocenters. The Morgan fingerprint density at radius 2 is 2.09 bits per heavy atom. The topological polar surface area (TPSA) is 46.6 Å². The molecule has 22 heavy (non-hydrogen) atoms. The van der Waals surface area contributed by atoms with Gasteiger partial charge in [-0.05, 0) is 37.2 Å². The van der Waals surface area contributed by atoms with Crippen LogP contribution in [0.4, 0.5) is 4.79 Å². The zero-order valence-electron chi connectivity index (χ0n) is 12.6. The summed E-state index contributed by atoms with van der Waals surface area (Å²) in [6, 6.07) is 9.69. The van der Waals surface area contributed by atoms with Gasteiger partial charge in [-0.15, -0.1) is 6.58 Å². The van der Waals surface area contributed by atoms with Crippen LogP contribution < -0.4 is 0 Å². The highest BCUT2D eigenvalue weighted by molar-refractivity contribution is 5.95. The van der Waals surface area contributed by atoms with E-state index in [2.05, 4.69) is 6.58 Å². The van der Waals surface area contributed by atoms with Crippen molar-refractivity contribution in [2.75, 3.05) is 6.61 Å². The number of allylic oxidation sites excluding steroid dienone is 1. The van der Waals surface area contributed by atoms with E-state index in [0.29, 0.717) is 18.8 Å². The first-order chi connectivity index (χ1) is 10.7. The number of amides is 2. The van der Waals surface area contributed by atoms with E-state index in [1.165, 1.54) is 4.90 Å². The van der Waals surface area contributed by atoms with Crippen LogP contribution in [0.2, 0.25) is 0 Å². The summed E-state index contributed by atoms with van der Waals surface area (Å²) in [5.74, 6) is 0.184. The zero-order chi connectivity index (χ0) is 15.5. The number of cyclic esters (lactones) is 1. The normalized spacial score (nSPS) is 22.3. The lowest BCUT2D eigenvalue weighted by Gasteiger charge is -2.24. The smallest absolute Gasteiger partial charge is 0.416 e. The molecule has 116 valence electrons. The number of hydrogen-bond acceptors (Lipinski definition) is 3. The minimum absolute atomic E-state index is 0.0918. The average Bonchev–Trinajstić information content (AvgIpc) is 3.30. The maximum Gasteiger partial charge on any atom is 0.416 e. The summed E-state index contributed by atoms with van der Waals surface area (Å²) in [5, 5.41) is 0. The van der Waals surface area contributed by atoms with Gasteiger partial charge >= 0.3 is 6.09 Å². The molecule has 0 aromatic heterocycles. The molecular formula is C18H21NO3. The van der Waals surface area contributed by atoms with Gasteiger partial charge < -0.3 is 4.74 Å². The Morgan fingerprint density at radius 3 is 2.73 bits per heavy atom. The van der Waals surface area contributed by atoms with Gasteiger partial charge in [-0.3, -0.25) is 4.79 Å². The zero-order valence-corrected chi connectivity index (χ0v) is 12.6. The van der Waals surface area contributed by atoms with Crippen molar-refractivity contribution in [1.29, 1.82) is 0 Å². The highest BCUT2D eigenvalue weighted by Gasteiger charge is 2.44. The van der Waals surface area contributed by atoms with E-state index in [4.69, 9.17) is 4.74 Å². The maximum absolute atomic E-state index is 12.8. The molecule has 1 heterocycles. The van der Waals surface area contributed by atoms with Crippen molar-refractivity contribution >= 4 is 12.0 Å². The monoisotopic (exact) mass is 299 g/mol. The molecule has 2 fully saturated rings. The Balaban J connectivity index is 1.75. The molecule has 0 spiro atoms. The minimum Gasteiger partial charge on any atom is -0.447 e. The number of nitrogens with zero attached hydrogens (tertiary/aromatic N) is 1. The Hall–Kier alpha value is -2.10. The van der Waals surface area contributed by atoms with E-state index < -0.39 is 6.09 Å². The molecule has 0 bridgehead atoms. The molecule has 1 aliphatic carbocycles. The van der Waals surface area contributed by atoms with Crippen LogP contribution in [0.15, 0.2) is 43.0 Å². The van der Waals surface area contributed by atoms with Crippen LogP contribution in [0.5, 0.6) is 0 Å². The van der Waals surface area contributed by atoms with Gasteiger partial charge in [0.15, 0.2) is 0 Å². The molecule has 0 radical (unpaired) electrons. The van der Waals surface area contributed by atoms with E-state index >= 15 is 0 Å². The van der Waals surface area contributed by atoms with Crippen LogP contribution in [-0.2, 0) is 16.0 Å². The third kappa shape index (κ3) is 3.06. The molecule has 3 rings (SSSR count). The second kappa shape index (κ2) is 6.34. The molecule has 2 amide bonds. The van der Waals surface area contributed by atoms with Crippen LogP contribution >= 0.6 is 0 Å². The Kier molecular flexibility index (Phi) is 4.27. The van der Waals surface area contributed by atoms with Gasteiger partial charge in [0.2, 0.25) is 5.91 Å². The van der Waals surface area contributed by atoms with E-state index in [0.717, 1.165) is 18.4 Å². The van der Waals surface area contributed by atoms with Crippen molar-refractivity contribution in [2.24, 2.45) is 11.8 Å². The number of benzene rings is 1. The van der Waals surface area contributed by atoms with Crippen molar-refractivity contribution in [2.45, 2.75) is 31.7 Å². The summed E-state index contributed by atoms with van der Waals surface area (Å²) in [4.78, 5) is 26.2. The van der Waals surface area contributed by atoms with Crippen LogP contribution in [0, 0.1) is 11.8 Å². The van der Waals surface area contributed by atoms with Crippen molar-refractivity contribution in [1.82, 2.24) is 4.90 Å². The molecule has 1 aliphatic heterocycles. The first-order valence-electron chi connectivity index (χ1n) is 7.85. The summed E-state index contributed by atoms with van der Waals surface area (Å²) in [6.07, 6.45) is 4.68. The van der Waals surface area contributed by atoms with Crippen LogP contribution in [0.25, 0.3) is 0 Å². The summed E-state index contributed by atoms with van der Waals surface area (Å²) in [6.45, 7) is 4.02. The number of carbonyl (C=O) groups excluding carboxylic acids is 2. The molecule has 4 heteroatoms. The van der Waals surface area contributed by atoms with E-state index in [9.17, 15) is 9.59 Å². The number of rotatable bonds is 6. The van der Waals surface area contributed by atoms with E-state index in [1.54, 1.807) is 6.08 Å². The van der Waals surface area contributed by atoms with Gasteiger partial charge in [-0.2, -0.15) is 0 Å². The predicted octanol–water partition coefficient (Wildman–Crippen LogP) is 3.18. The van der Waals surface area contributed by atoms with Crippen molar-refractivity contribution in [3.05, 3.63) is 48.6 Å². The fourth-order valence-electron chi connectivity index (χ4n) is 3.12. The van der Waals surface area contributed by atoms with Gasteiger partial charge in [-0.25, -0.2) is 9.69 Å². The number of carbonyl (C=O) groups is 2. The van der Waals surface area contributed by atoms with Crippen LogP contribution in [0.1, 0.15) is 24.8 Å². The first-order valence-corrected chi connectivity index (χ1v) is 7.85. The number of hydrogen-bond donors (Lipinski definition) is 0. The van der Waals surface area contributed by atoms with Gasteiger partial charge in [0.1, 0.15) is 6.61 Å². The fourth-order valence-corrected chi connectivity index (χ4v) is 3.12. The molecule has 4 nitrogen and oxygen atoms in total. The van der Waals surface area contributed by atoms with Gasteiger partial charge in [0, 0.05) is 5.92 Å². The third-order valence-electron chi connectivity index (χ3n) is 4.44. The van der Waals surface area contributed by atoms with Crippen LogP contribution in [0.3, 0.4) is 0 Å². The predicted molar refractivity (Wildman–Crippen MR) is 83.2 cm³/mol. The highest BCUT2D eigenvalue weighted by atomic mass is 16.6. The van der Waals surface area contributed by atoms with E-state index in [1.807, 2.05) is 30.3 Å². The fraction of sp³-hybridized carbons (Fsp3) is 0.444. The minimum atomic E-state index is -0.499. The van der Waals surface area contributed by atoms with Gasteiger partial charge in [0.25, 0.3) is 0 Å². The molecule has 2 aliphatic rings. The molecular weight excluding hydrogens is 278 g/mol. The lowest BCUT2D eigenvalue weighted by molar-refractivity contribution is -0.134. The molecule has 1 aromatic carbocycles. The first kappa shape index (κ1) is 14.8. The Labute approximate surface area is 130 Å². The summed E-state index contributed by atoms with van der Waals surface area (Å²) in [5.41, 5.74) is 1.11. The average molecular weight is 299 g/mol. The Morgan fingerprint density at radius 1 is 1.36 bits per heavy atom. The lowest BCUT2D eigenvalue weighted by Crippen LogP contribution is -2.44. The number of ether oxygens (including phenoxy) is 1. The lowest BCUT2D eigenvalue weighted by atomic mass is 9.96. The van der Waals surface area contributed by atoms with Crippen LogP contribution in [-0.4, -0.2) is 29.5 Å². The SMILES string of the molecule is C=CC[C@H](C(=O)N1C(=O)OCC1Cc1ccccc1)C1CC1. The third-order valence-corrected chi connectivity index (χ3v) is 4.44. The summed E-state index contributed by atoms with van der Waals surface area (Å²) in [7, 11) is 0. The molecule has 0 N–H and O–H groups in total. The standard InChI is InChI=1S/C18H21NO3/c1-2-6-16(14-9-10-14)17(20)19-15(12-22-18(19)21)11-13-7-4-3-5-8-13/h2-5,7-8,14-16H,1,6,9-12H2/t15?,16-/m0/s1. The highest BCUT2D eigenvalue weighted by Crippen LogP contribution is 2.40. The largest absolute Gasteiger partial charge is 0.447 e. The quantitative estimate of drug-likeness (QED) is 0.758. The number of imide groups is 1. The van der Waals surface area contributed by atoms with Gasteiger partial charge in [-0.1, -0.05) is 36.4 Å². The van der Waals surface area contributed by atoms with Crippen molar-refractivity contribution in [3.63, 3.8) is 0 Å². The van der Waals surface area contributed by atoms with Crippen molar-refractivity contribution in [3.8, 4) is 0 Å². The maximum atomic E-state index is 12.8. The molecule has 1 saturated heterocycles. The van der Waals surface area contributed by atoms with Crippen molar-refractivity contribution < 1.29 is 14.3 Å². The van der Waals surface area contributed by atoms with E-state index in [-0.39, 0.29) is 24.5 Å². The molecule has 1 saturated carbocycles. The molecule has 1 unspecified atom stereocenters. The van der Waals surface area contributed by atoms with Gasteiger partial charge in [0.05, 0.1) is 6.04 Å². The molecule has 1 aromatic rings.